The smallest absolute Gasteiger partial charge is 0.0645 e. The zero-order valence-corrected chi connectivity index (χ0v) is 12.3. The van der Waals surface area contributed by atoms with Crippen LogP contribution in [0.3, 0.4) is 0 Å². The van der Waals surface area contributed by atoms with Gasteiger partial charge in [-0.3, -0.25) is 9.88 Å². The highest BCUT2D eigenvalue weighted by molar-refractivity contribution is 5.11. The number of morpholine rings is 1. The van der Waals surface area contributed by atoms with Crippen LogP contribution in [0.2, 0.25) is 0 Å². The van der Waals surface area contributed by atoms with E-state index in [1.54, 1.807) is 0 Å². The molecule has 1 fully saturated rings. The summed E-state index contributed by atoms with van der Waals surface area (Å²) >= 11 is 0. The van der Waals surface area contributed by atoms with Crippen molar-refractivity contribution in [2.75, 3.05) is 26.3 Å². The molecule has 2 rings (SSSR count). The molecule has 0 radical (unpaired) electrons. The lowest BCUT2D eigenvalue weighted by atomic mass is 10.0. The number of nitrogens with zero attached hydrogens (tertiary/aromatic N) is 2. The normalized spacial score (nSPS) is 19.5. The van der Waals surface area contributed by atoms with Gasteiger partial charge < -0.3 is 10.1 Å². The van der Waals surface area contributed by atoms with E-state index in [1.807, 2.05) is 0 Å². The molecule has 0 saturated carbocycles. The van der Waals surface area contributed by atoms with E-state index in [0.717, 1.165) is 50.8 Å². The molecule has 0 atom stereocenters. The minimum Gasteiger partial charge on any atom is -0.378 e. The predicted molar refractivity (Wildman–Crippen MR) is 76.9 cm³/mol. The molecule has 2 heterocycles. The Labute approximate surface area is 116 Å². The summed E-state index contributed by atoms with van der Waals surface area (Å²) in [6, 6.07) is 6.29. The molecule has 0 amide bonds. The first-order valence-corrected chi connectivity index (χ1v) is 7.10. The first kappa shape index (κ1) is 14.4. The zero-order valence-electron chi connectivity index (χ0n) is 12.3. The number of ether oxygens (including phenoxy) is 1. The van der Waals surface area contributed by atoms with Gasteiger partial charge in [0, 0.05) is 25.2 Å². The monoisotopic (exact) mass is 263 g/mol. The summed E-state index contributed by atoms with van der Waals surface area (Å²) in [5.41, 5.74) is 2.35. The number of nitrogens with one attached hydrogen (secondary N) is 1. The largest absolute Gasteiger partial charge is 0.378 e. The molecule has 1 N–H and O–H groups in total. The SMILES string of the molecule is CCNCc1cccc(CN2CCOCC2(C)C)n1. The fourth-order valence-corrected chi connectivity index (χ4v) is 2.35. The van der Waals surface area contributed by atoms with E-state index >= 15 is 0 Å². The van der Waals surface area contributed by atoms with Gasteiger partial charge in [-0.1, -0.05) is 13.0 Å². The minimum atomic E-state index is 0.0948. The summed E-state index contributed by atoms with van der Waals surface area (Å²) in [5, 5.41) is 3.32. The van der Waals surface area contributed by atoms with Gasteiger partial charge in [-0.15, -0.1) is 0 Å². The Bertz CT molecular complexity index is 406. The van der Waals surface area contributed by atoms with E-state index in [4.69, 9.17) is 9.72 Å². The first-order valence-electron chi connectivity index (χ1n) is 7.10. The van der Waals surface area contributed by atoms with Crippen LogP contribution in [0.25, 0.3) is 0 Å². The van der Waals surface area contributed by atoms with Crippen molar-refractivity contribution in [1.82, 2.24) is 15.2 Å². The summed E-state index contributed by atoms with van der Waals surface area (Å²) < 4.78 is 5.56. The number of hydrogen-bond donors (Lipinski definition) is 1. The maximum atomic E-state index is 5.56. The lowest BCUT2D eigenvalue weighted by Gasteiger charge is -2.41. The van der Waals surface area contributed by atoms with Crippen LogP contribution in [0, 0.1) is 0 Å². The first-order chi connectivity index (χ1) is 9.12. The Kier molecular flexibility index (Phi) is 4.91. The van der Waals surface area contributed by atoms with Crippen LogP contribution in [0.4, 0.5) is 0 Å². The van der Waals surface area contributed by atoms with E-state index in [-0.39, 0.29) is 5.54 Å². The molecular weight excluding hydrogens is 238 g/mol. The molecule has 0 aromatic carbocycles. The Balaban J connectivity index is 2.01. The third-order valence-corrected chi connectivity index (χ3v) is 3.59. The van der Waals surface area contributed by atoms with Crippen molar-refractivity contribution in [3.8, 4) is 0 Å². The second-order valence-corrected chi connectivity index (χ2v) is 5.69. The molecule has 1 aromatic heterocycles. The predicted octanol–water partition coefficient (Wildman–Crippen LogP) is 1.80. The minimum absolute atomic E-state index is 0.0948. The fraction of sp³-hybridized carbons (Fsp3) is 0.667. The van der Waals surface area contributed by atoms with Crippen LogP contribution in [0.1, 0.15) is 32.2 Å². The van der Waals surface area contributed by atoms with Gasteiger partial charge in [-0.2, -0.15) is 0 Å². The van der Waals surface area contributed by atoms with Crippen molar-refractivity contribution in [2.45, 2.75) is 39.4 Å². The summed E-state index contributed by atoms with van der Waals surface area (Å²) in [4.78, 5) is 7.18. The molecule has 19 heavy (non-hydrogen) atoms. The fourth-order valence-electron chi connectivity index (χ4n) is 2.35. The van der Waals surface area contributed by atoms with E-state index in [1.165, 1.54) is 0 Å². The molecule has 1 aliphatic heterocycles. The topological polar surface area (TPSA) is 37.4 Å². The van der Waals surface area contributed by atoms with Crippen LogP contribution in [-0.4, -0.2) is 41.7 Å². The summed E-state index contributed by atoms with van der Waals surface area (Å²) in [7, 11) is 0. The van der Waals surface area contributed by atoms with Crippen LogP contribution in [0.15, 0.2) is 18.2 Å². The molecule has 0 unspecified atom stereocenters. The van der Waals surface area contributed by atoms with Gasteiger partial charge in [0.25, 0.3) is 0 Å². The number of aromatic nitrogens is 1. The Morgan fingerprint density at radius 2 is 2.16 bits per heavy atom. The average Bonchev–Trinajstić information content (AvgIpc) is 2.39. The third-order valence-electron chi connectivity index (χ3n) is 3.59. The Morgan fingerprint density at radius 3 is 2.89 bits per heavy atom. The number of hydrogen-bond acceptors (Lipinski definition) is 4. The molecular formula is C15H25N3O. The lowest BCUT2D eigenvalue weighted by molar-refractivity contribution is -0.0558. The van der Waals surface area contributed by atoms with Crippen molar-refractivity contribution in [2.24, 2.45) is 0 Å². The summed E-state index contributed by atoms with van der Waals surface area (Å²) in [5.74, 6) is 0. The third kappa shape index (κ3) is 4.00. The van der Waals surface area contributed by atoms with Gasteiger partial charge in [-0.25, -0.2) is 0 Å². The van der Waals surface area contributed by atoms with Crippen LogP contribution >= 0.6 is 0 Å². The van der Waals surface area contributed by atoms with Crippen molar-refractivity contribution in [3.05, 3.63) is 29.6 Å². The highest BCUT2D eigenvalue weighted by Gasteiger charge is 2.30. The van der Waals surface area contributed by atoms with E-state index in [0.29, 0.717) is 0 Å². The van der Waals surface area contributed by atoms with Crippen molar-refractivity contribution < 1.29 is 4.74 Å². The molecule has 4 nitrogen and oxygen atoms in total. The quantitative estimate of drug-likeness (QED) is 0.879. The van der Waals surface area contributed by atoms with E-state index in [9.17, 15) is 0 Å². The second-order valence-electron chi connectivity index (χ2n) is 5.69. The lowest BCUT2D eigenvalue weighted by Crippen LogP contribution is -2.52. The van der Waals surface area contributed by atoms with Gasteiger partial charge in [0.15, 0.2) is 0 Å². The maximum Gasteiger partial charge on any atom is 0.0645 e. The molecule has 1 aliphatic rings. The summed E-state index contributed by atoms with van der Waals surface area (Å²) in [6.07, 6.45) is 0. The van der Waals surface area contributed by atoms with Gasteiger partial charge in [0.2, 0.25) is 0 Å². The van der Waals surface area contributed by atoms with Crippen molar-refractivity contribution in [3.63, 3.8) is 0 Å². The number of rotatable bonds is 5. The van der Waals surface area contributed by atoms with Crippen LogP contribution < -0.4 is 5.32 Å². The maximum absolute atomic E-state index is 5.56. The molecule has 0 spiro atoms. The summed E-state index contributed by atoms with van der Waals surface area (Å²) in [6.45, 7) is 11.9. The standard InChI is InChI=1S/C15H25N3O/c1-4-16-10-13-6-5-7-14(17-13)11-18-8-9-19-12-15(18,2)3/h5-7,16H,4,8-12H2,1-3H3. The molecule has 1 aromatic rings. The van der Waals surface area contributed by atoms with Gasteiger partial charge >= 0.3 is 0 Å². The number of pyridine rings is 1. The van der Waals surface area contributed by atoms with Gasteiger partial charge in [0.05, 0.1) is 24.6 Å². The molecule has 0 aliphatic carbocycles. The average molecular weight is 263 g/mol. The van der Waals surface area contributed by atoms with Crippen LogP contribution in [-0.2, 0) is 17.8 Å². The second kappa shape index (κ2) is 6.46. The zero-order chi connectivity index (χ0) is 13.7. The van der Waals surface area contributed by atoms with E-state index in [2.05, 4.69) is 49.2 Å². The van der Waals surface area contributed by atoms with E-state index < -0.39 is 0 Å². The van der Waals surface area contributed by atoms with Gasteiger partial charge in [0.1, 0.15) is 0 Å². The van der Waals surface area contributed by atoms with Crippen molar-refractivity contribution >= 4 is 0 Å². The highest BCUT2D eigenvalue weighted by atomic mass is 16.5. The molecule has 0 bridgehead atoms. The molecule has 4 heteroatoms. The Hall–Kier alpha value is -0.970. The highest BCUT2D eigenvalue weighted by Crippen LogP contribution is 2.21. The van der Waals surface area contributed by atoms with Crippen LogP contribution in [0.5, 0.6) is 0 Å². The van der Waals surface area contributed by atoms with Gasteiger partial charge in [-0.05, 0) is 32.5 Å². The Morgan fingerprint density at radius 1 is 1.37 bits per heavy atom. The van der Waals surface area contributed by atoms with Crippen molar-refractivity contribution in [1.29, 1.82) is 0 Å². The molecule has 106 valence electrons. The molecule has 1 saturated heterocycles.